The predicted octanol–water partition coefficient (Wildman–Crippen LogP) is 7.84. The molecule has 246 valence electrons. The summed E-state index contributed by atoms with van der Waals surface area (Å²) in [5.41, 5.74) is 3.41. The van der Waals surface area contributed by atoms with Gasteiger partial charge in [-0.1, -0.05) is 80.4 Å². The van der Waals surface area contributed by atoms with Crippen molar-refractivity contribution in [3.63, 3.8) is 0 Å². The first-order valence-electron chi connectivity index (χ1n) is 16.2. The van der Waals surface area contributed by atoms with Crippen molar-refractivity contribution in [3.8, 4) is 11.1 Å². The number of nitrogens with zero attached hydrogens (tertiary/aromatic N) is 2. The number of nitrogens with one attached hydrogen (secondary N) is 2. The van der Waals surface area contributed by atoms with Gasteiger partial charge in [0, 0.05) is 56.2 Å². The molecule has 6 nitrogen and oxygen atoms in total. The zero-order valence-electron chi connectivity index (χ0n) is 26.6. The van der Waals surface area contributed by atoms with Crippen LogP contribution in [0.4, 0.5) is 24.5 Å². The molecule has 0 spiro atoms. The molecule has 2 N–H and O–H groups in total. The number of amides is 2. The number of hydrogen-bond donors (Lipinski definition) is 2. The van der Waals surface area contributed by atoms with Crippen LogP contribution in [0.5, 0.6) is 0 Å². The molecular weight excluding hydrogens is 601 g/mol. The standard InChI is InChI=1S/C38H41F3N4O2/c1-2-3-9-22-42-36(46)35(28-10-5-4-6-11-28)27-44-23-25-45(26-24-44)32-20-18-31(19-21-32)43-37(47)34-13-8-7-12-33(34)29-14-16-30(17-15-29)38(39,40)41/h4-8,10-21,35H,2-3,9,22-27H2,1H3,(H,42,46)(H,43,47). The predicted molar refractivity (Wildman–Crippen MR) is 182 cm³/mol. The van der Waals surface area contributed by atoms with Crippen LogP contribution in [0.1, 0.15) is 53.6 Å². The molecule has 1 aliphatic heterocycles. The van der Waals surface area contributed by atoms with Crippen LogP contribution < -0.4 is 15.5 Å². The molecule has 0 aliphatic carbocycles. The third-order valence-corrected chi connectivity index (χ3v) is 8.60. The van der Waals surface area contributed by atoms with E-state index in [4.69, 9.17) is 0 Å². The molecule has 1 atom stereocenters. The third kappa shape index (κ3) is 9.01. The summed E-state index contributed by atoms with van der Waals surface area (Å²) >= 11 is 0. The minimum atomic E-state index is -4.42. The first kappa shape index (κ1) is 33.7. The van der Waals surface area contributed by atoms with E-state index in [9.17, 15) is 22.8 Å². The maximum absolute atomic E-state index is 13.2. The van der Waals surface area contributed by atoms with Crippen molar-refractivity contribution in [2.75, 3.05) is 49.5 Å². The van der Waals surface area contributed by atoms with E-state index in [0.717, 1.165) is 68.8 Å². The van der Waals surface area contributed by atoms with E-state index in [1.54, 1.807) is 24.3 Å². The Labute approximate surface area is 274 Å². The summed E-state index contributed by atoms with van der Waals surface area (Å²) in [7, 11) is 0. The van der Waals surface area contributed by atoms with Gasteiger partial charge in [0.2, 0.25) is 5.91 Å². The second-order valence-corrected chi connectivity index (χ2v) is 11.9. The highest BCUT2D eigenvalue weighted by Gasteiger charge is 2.30. The highest BCUT2D eigenvalue weighted by Crippen LogP contribution is 2.32. The van der Waals surface area contributed by atoms with E-state index >= 15 is 0 Å². The fourth-order valence-corrected chi connectivity index (χ4v) is 5.91. The zero-order chi connectivity index (χ0) is 33.2. The quantitative estimate of drug-likeness (QED) is 0.155. The maximum atomic E-state index is 13.2. The summed E-state index contributed by atoms with van der Waals surface area (Å²) in [4.78, 5) is 31.1. The number of unbranched alkanes of at least 4 members (excludes halogenated alkanes) is 2. The Kier molecular flexibility index (Phi) is 11.3. The van der Waals surface area contributed by atoms with Gasteiger partial charge in [-0.25, -0.2) is 0 Å². The summed E-state index contributed by atoms with van der Waals surface area (Å²) in [5.74, 6) is -0.491. The zero-order valence-corrected chi connectivity index (χ0v) is 26.6. The van der Waals surface area contributed by atoms with Gasteiger partial charge in [-0.3, -0.25) is 14.5 Å². The molecule has 1 fully saturated rings. The molecule has 0 saturated carbocycles. The third-order valence-electron chi connectivity index (χ3n) is 8.60. The summed E-state index contributed by atoms with van der Waals surface area (Å²) < 4.78 is 39.1. The van der Waals surface area contributed by atoms with Crippen molar-refractivity contribution < 1.29 is 22.8 Å². The Morgan fingerprint density at radius 3 is 2.11 bits per heavy atom. The van der Waals surface area contributed by atoms with Gasteiger partial charge in [0.25, 0.3) is 5.91 Å². The monoisotopic (exact) mass is 642 g/mol. The number of hydrogen-bond acceptors (Lipinski definition) is 4. The molecule has 4 aromatic carbocycles. The minimum Gasteiger partial charge on any atom is -0.369 e. The Bertz CT molecular complexity index is 1600. The number of piperazine rings is 1. The normalized spacial score (nSPS) is 14.4. The average Bonchev–Trinajstić information content (AvgIpc) is 3.09. The number of rotatable bonds is 12. The van der Waals surface area contributed by atoms with Crippen molar-refractivity contribution in [2.24, 2.45) is 0 Å². The lowest BCUT2D eigenvalue weighted by Gasteiger charge is -2.37. The van der Waals surface area contributed by atoms with Crippen molar-refractivity contribution in [1.82, 2.24) is 10.2 Å². The van der Waals surface area contributed by atoms with E-state index in [0.29, 0.717) is 35.5 Å². The van der Waals surface area contributed by atoms with Gasteiger partial charge in [0.05, 0.1) is 11.5 Å². The lowest BCUT2D eigenvalue weighted by molar-refractivity contribution is -0.137. The van der Waals surface area contributed by atoms with Gasteiger partial charge in [0.15, 0.2) is 0 Å². The van der Waals surface area contributed by atoms with Crippen LogP contribution in [0.15, 0.2) is 103 Å². The summed E-state index contributed by atoms with van der Waals surface area (Å²) in [6.07, 6.45) is -1.22. The lowest BCUT2D eigenvalue weighted by Crippen LogP contribution is -2.49. The molecule has 1 saturated heterocycles. The van der Waals surface area contributed by atoms with Gasteiger partial charge < -0.3 is 15.5 Å². The van der Waals surface area contributed by atoms with E-state index in [1.165, 1.54) is 12.1 Å². The molecule has 0 aromatic heterocycles. The number of carbonyl (C=O) groups is 2. The fraction of sp³-hybridized carbons (Fsp3) is 0.316. The summed E-state index contributed by atoms with van der Waals surface area (Å²) in [5, 5.41) is 6.07. The van der Waals surface area contributed by atoms with Gasteiger partial charge >= 0.3 is 6.18 Å². The van der Waals surface area contributed by atoms with Crippen LogP contribution >= 0.6 is 0 Å². The van der Waals surface area contributed by atoms with Crippen molar-refractivity contribution in [3.05, 3.63) is 120 Å². The van der Waals surface area contributed by atoms with Gasteiger partial charge in [0.1, 0.15) is 0 Å². The molecular formula is C38H41F3N4O2. The Hall–Kier alpha value is -4.63. The largest absolute Gasteiger partial charge is 0.416 e. The summed E-state index contributed by atoms with van der Waals surface area (Å²) in [6.45, 7) is 6.79. The number of alkyl halides is 3. The highest BCUT2D eigenvalue weighted by molar-refractivity contribution is 6.08. The maximum Gasteiger partial charge on any atom is 0.416 e. The molecule has 1 unspecified atom stereocenters. The van der Waals surface area contributed by atoms with Crippen LogP contribution in [0.2, 0.25) is 0 Å². The average molecular weight is 643 g/mol. The SMILES string of the molecule is CCCCCNC(=O)C(CN1CCN(c2ccc(NC(=O)c3ccccc3-c3ccc(C(F)(F)F)cc3)cc2)CC1)c1ccccc1. The van der Waals surface area contributed by atoms with Crippen molar-refractivity contribution in [2.45, 2.75) is 38.3 Å². The van der Waals surface area contributed by atoms with E-state index in [2.05, 4.69) is 27.4 Å². The second-order valence-electron chi connectivity index (χ2n) is 11.9. The van der Waals surface area contributed by atoms with Crippen LogP contribution in [-0.4, -0.2) is 56.0 Å². The Morgan fingerprint density at radius 2 is 1.45 bits per heavy atom. The number of halogens is 3. The van der Waals surface area contributed by atoms with Crippen molar-refractivity contribution in [1.29, 1.82) is 0 Å². The molecule has 9 heteroatoms. The van der Waals surface area contributed by atoms with Crippen LogP contribution in [0.3, 0.4) is 0 Å². The molecule has 1 aliphatic rings. The van der Waals surface area contributed by atoms with Gasteiger partial charge in [-0.15, -0.1) is 0 Å². The van der Waals surface area contributed by atoms with Gasteiger partial charge in [-0.05, 0) is 65.6 Å². The minimum absolute atomic E-state index is 0.0781. The van der Waals surface area contributed by atoms with Crippen LogP contribution in [0.25, 0.3) is 11.1 Å². The number of anilines is 2. The molecule has 0 radical (unpaired) electrons. The van der Waals surface area contributed by atoms with Crippen LogP contribution in [0, 0.1) is 0 Å². The Morgan fingerprint density at radius 1 is 0.787 bits per heavy atom. The molecule has 0 bridgehead atoms. The Balaban J connectivity index is 1.17. The first-order chi connectivity index (χ1) is 22.7. The highest BCUT2D eigenvalue weighted by atomic mass is 19.4. The first-order valence-corrected chi connectivity index (χ1v) is 16.2. The fourth-order valence-electron chi connectivity index (χ4n) is 5.91. The van der Waals surface area contributed by atoms with Crippen molar-refractivity contribution >= 4 is 23.2 Å². The topological polar surface area (TPSA) is 64.7 Å². The van der Waals surface area contributed by atoms with E-state index in [1.807, 2.05) is 54.6 Å². The van der Waals surface area contributed by atoms with E-state index in [-0.39, 0.29) is 17.7 Å². The van der Waals surface area contributed by atoms with Crippen LogP contribution in [-0.2, 0) is 11.0 Å². The molecule has 4 aromatic rings. The molecule has 47 heavy (non-hydrogen) atoms. The lowest BCUT2D eigenvalue weighted by atomic mass is 9.97. The molecule has 1 heterocycles. The molecule has 2 amide bonds. The number of benzene rings is 4. The summed E-state index contributed by atoms with van der Waals surface area (Å²) in [6, 6.07) is 29.3. The van der Waals surface area contributed by atoms with E-state index < -0.39 is 11.7 Å². The second kappa shape index (κ2) is 15.8. The smallest absolute Gasteiger partial charge is 0.369 e. The number of carbonyl (C=O) groups excluding carboxylic acids is 2. The molecule has 5 rings (SSSR count). The van der Waals surface area contributed by atoms with Gasteiger partial charge in [-0.2, -0.15) is 13.2 Å².